The first-order valence-electron chi connectivity index (χ1n) is 4.47. The third-order valence-corrected chi connectivity index (χ3v) is 2.25. The molecule has 5 nitrogen and oxygen atoms in total. The van der Waals surface area contributed by atoms with Crippen LogP contribution in [-0.4, -0.2) is 33.9 Å². The molecule has 1 saturated heterocycles. The molecule has 2 rings (SSSR count). The zero-order valence-corrected chi connectivity index (χ0v) is 7.53. The molecule has 70 valence electrons. The van der Waals surface area contributed by atoms with E-state index in [1.165, 1.54) is 0 Å². The molecule has 1 aromatic heterocycles. The average Bonchev–Trinajstić information content (AvgIpc) is 2.49. The van der Waals surface area contributed by atoms with E-state index in [4.69, 9.17) is 0 Å². The molecule has 2 heterocycles. The van der Waals surface area contributed by atoms with Gasteiger partial charge in [0.25, 0.3) is 0 Å². The number of carbonyl (C=O) groups is 1. The van der Waals surface area contributed by atoms with E-state index >= 15 is 0 Å². The summed E-state index contributed by atoms with van der Waals surface area (Å²) in [7, 11) is 0. The minimum atomic E-state index is 0.0542. The molecule has 5 heteroatoms. The van der Waals surface area contributed by atoms with Gasteiger partial charge in [-0.1, -0.05) is 12.1 Å². The first-order valence-corrected chi connectivity index (χ1v) is 4.47. The molecule has 0 spiro atoms. The predicted octanol–water partition coefficient (Wildman–Crippen LogP) is 0.0151. The normalized spacial score (nSPS) is 17.0. The van der Waals surface area contributed by atoms with Crippen molar-refractivity contribution < 1.29 is 4.79 Å². The highest BCUT2D eigenvalue weighted by molar-refractivity contribution is 5.93. The molecule has 0 saturated carbocycles. The summed E-state index contributed by atoms with van der Waals surface area (Å²) in [6, 6.07) is 0.380. The molecule has 0 aliphatic carbocycles. The van der Waals surface area contributed by atoms with Crippen LogP contribution in [0.1, 0.15) is 29.9 Å². The van der Waals surface area contributed by atoms with Crippen molar-refractivity contribution in [3.8, 4) is 0 Å². The van der Waals surface area contributed by atoms with Gasteiger partial charge < -0.3 is 5.32 Å². The van der Waals surface area contributed by atoms with Gasteiger partial charge in [-0.05, 0) is 0 Å². The van der Waals surface area contributed by atoms with Crippen molar-refractivity contribution >= 4 is 5.78 Å². The lowest BCUT2D eigenvalue weighted by molar-refractivity contribution is 0.0983. The predicted molar refractivity (Wildman–Crippen MR) is 46.6 cm³/mol. The lowest BCUT2D eigenvalue weighted by Crippen LogP contribution is -2.43. The fourth-order valence-corrected chi connectivity index (χ4v) is 1.22. The summed E-state index contributed by atoms with van der Waals surface area (Å²) in [4.78, 5) is 11.2. The van der Waals surface area contributed by atoms with E-state index in [1.54, 1.807) is 10.9 Å². The van der Waals surface area contributed by atoms with Gasteiger partial charge in [0.05, 0.1) is 12.2 Å². The Labute approximate surface area is 76.1 Å². The highest BCUT2D eigenvalue weighted by Gasteiger charge is 2.20. The monoisotopic (exact) mass is 180 g/mol. The van der Waals surface area contributed by atoms with Crippen molar-refractivity contribution in [3.05, 3.63) is 11.9 Å². The zero-order chi connectivity index (χ0) is 9.26. The van der Waals surface area contributed by atoms with Crippen LogP contribution in [0.25, 0.3) is 0 Å². The number of Topliss-reactive ketones (excluding diaryl/α,β-unsaturated/α-hetero) is 1. The number of ketones is 1. The molecule has 1 aliphatic rings. The quantitative estimate of drug-likeness (QED) is 0.666. The molecule has 0 amide bonds. The first kappa shape index (κ1) is 8.37. The van der Waals surface area contributed by atoms with Gasteiger partial charge in [-0.15, -0.1) is 5.10 Å². The fourth-order valence-electron chi connectivity index (χ4n) is 1.22. The smallest absolute Gasteiger partial charge is 0.184 e. The summed E-state index contributed by atoms with van der Waals surface area (Å²) in [5.41, 5.74) is 0.481. The summed E-state index contributed by atoms with van der Waals surface area (Å²) in [5.74, 6) is 0.0542. The van der Waals surface area contributed by atoms with Crippen LogP contribution in [-0.2, 0) is 0 Å². The van der Waals surface area contributed by atoms with E-state index in [0.717, 1.165) is 13.1 Å². The highest BCUT2D eigenvalue weighted by atomic mass is 16.1. The third kappa shape index (κ3) is 1.47. The summed E-state index contributed by atoms with van der Waals surface area (Å²) >= 11 is 0. The Balaban J connectivity index is 2.12. The van der Waals surface area contributed by atoms with Gasteiger partial charge in [0, 0.05) is 19.5 Å². The molecule has 0 aromatic carbocycles. The van der Waals surface area contributed by atoms with Gasteiger partial charge in [-0.3, -0.25) is 4.79 Å². The van der Waals surface area contributed by atoms with Crippen molar-refractivity contribution in [1.82, 2.24) is 20.3 Å². The number of nitrogens with zero attached hydrogens (tertiary/aromatic N) is 3. The standard InChI is InChI=1S/C8H12N4O/c1-2-8(13)7-5-12(11-10-7)6-3-9-4-6/h5-6,9H,2-4H2,1H3. The second kappa shape index (κ2) is 3.26. The molecule has 1 aromatic rings. The molecular formula is C8H12N4O. The van der Waals surface area contributed by atoms with Crippen molar-refractivity contribution in [2.75, 3.05) is 13.1 Å². The lowest BCUT2D eigenvalue weighted by Gasteiger charge is -2.26. The maximum atomic E-state index is 11.2. The van der Waals surface area contributed by atoms with E-state index in [2.05, 4.69) is 15.6 Å². The van der Waals surface area contributed by atoms with E-state index in [-0.39, 0.29) is 5.78 Å². The number of hydrogen-bond donors (Lipinski definition) is 1. The van der Waals surface area contributed by atoms with Gasteiger partial charge >= 0.3 is 0 Å². The summed E-state index contributed by atoms with van der Waals surface area (Å²) in [6.45, 7) is 3.67. The number of hydrogen-bond acceptors (Lipinski definition) is 4. The summed E-state index contributed by atoms with van der Waals surface area (Å²) in [6.07, 6.45) is 2.22. The van der Waals surface area contributed by atoms with Crippen LogP contribution in [0.5, 0.6) is 0 Å². The number of aromatic nitrogens is 3. The van der Waals surface area contributed by atoms with Crippen LogP contribution >= 0.6 is 0 Å². The minimum Gasteiger partial charge on any atom is -0.312 e. The van der Waals surface area contributed by atoms with E-state index in [0.29, 0.717) is 18.2 Å². The number of rotatable bonds is 3. The van der Waals surface area contributed by atoms with E-state index < -0.39 is 0 Å². The maximum Gasteiger partial charge on any atom is 0.184 e. The molecule has 0 bridgehead atoms. The molecule has 0 atom stereocenters. The molecule has 0 radical (unpaired) electrons. The van der Waals surface area contributed by atoms with Gasteiger partial charge in [-0.25, -0.2) is 4.68 Å². The number of carbonyl (C=O) groups excluding carboxylic acids is 1. The van der Waals surface area contributed by atoms with Crippen LogP contribution < -0.4 is 5.32 Å². The van der Waals surface area contributed by atoms with Crippen LogP contribution in [0.15, 0.2) is 6.20 Å². The van der Waals surface area contributed by atoms with Crippen LogP contribution in [0.2, 0.25) is 0 Å². The van der Waals surface area contributed by atoms with Gasteiger partial charge in [-0.2, -0.15) is 0 Å². The minimum absolute atomic E-state index is 0.0542. The van der Waals surface area contributed by atoms with E-state index in [9.17, 15) is 4.79 Å². The SMILES string of the molecule is CCC(=O)c1cn(C2CNC2)nn1. The maximum absolute atomic E-state index is 11.2. The molecule has 1 aliphatic heterocycles. The van der Waals surface area contributed by atoms with Crippen LogP contribution in [0.3, 0.4) is 0 Å². The Morgan fingerprint density at radius 2 is 2.54 bits per heavy atom. The third-order valence-electron chi connectivity index (χ3n) is 2.25. The van der Waals surface area contributed by atoms with Gasteiger partial charge in [0.1, 0.15) is 5.69 Å². The van der Waals surface area contributed by atoms with Gasteiger partial charge in [0.15, 0.2) is 5.78 Å². The van der Waals surface area contributed by atoms with Crippen molar-refractivity contribution in [1.29, 1.82) is 0 Å². The van der Waals surface area contributed by atoms with Crippen molar-refractivity contribution in [2.45, 2.75) is 19.4 Å². The Morgan fingerprint density at radius 1 is 1.77 bits per heavy atom. The topological polar surface area (TPSA) is 59.8 Å². The van der Waals surface area contributed by atoms with Crippen LogP contribution in [0.4, 0.5) is 0 Å². The Bertz CT molecular complexity index is 316. The van der Waals surface area contributed by atoms with Crippen molar-refractivity contribution in [3.63, 3.8) is 0 Å². The molecular weight excluding hydrogens is 168 g/mol. The summed E-state index contributed by atoms with van der Waals surface area (Å²) < 4.78 is 1.76. The molecule has 1 N–H and O–H groups in total. The molecule has 13 heavy (non-hydrogen) atoms. The fraction of sp³-hybridized carbons (Fsp3) is 0.625. The average molecular weight is 180 g/mol. The zero-order valence-electron chi connectivity index (χ0n) is 7.53. The summed E-state index contributed by atoms with van der Waals surface area (Å²) in [5, 5.41) is 10.9. The Hall–Kier alpha value is -1.23. The number of nitrogens with one attached hydrogen (secondary N) is 1. The Kier molecular flexibility index (Phi) is 2.10. The second-order valence-electron chi connectivity index (χ2n) is 3.17. The highest BCUT2D eigenvalue weighted by Crippen LogP contribution is 2.10. The molecule has 0 unspecified atom stereocenters. The van der Waals surface area contributed by atoms with Crippen molar-refractivity contribution in [2.24, 2.45) is 0 Å². The second-order valence-corrected chi connectivity index (χ2v) is 3.17. The first-order chi connectivity index (χ1) is 6.31. The van der Waals surface area contributed by atoms with Gasteiger partial charge in [0.2, 0.25) is 0 Å². The molecule has 1 fully saturated rings. The lowest BCUT2D eigenvalue weighted by atomic mass is 10.2. The van der Waals surface area contributed by atoms with Crippen LogP contribution in [0, 0.1) is 0 Å². The Morgan fingerprint density at radius 3 is 3.08 bits per heavy atom. The largest absolute Gasteiger partial charge is 0.312 e. The van der Waals surface area contributed by atoms with E-state index in [1.807, 2.05) is 6.92 Å².